The lowest BCUT2D eigenvalue weighted by Gasteiger charge is -2.27. The Balaban J connectivity index is 1.67. The molecule has 1 N–H and O–H groups in total. The number of ether oxygens (including phenoxy) is 2. The zero-order chi connectivity index (χ0) is 18.0. The Morgan fingerprint density at radius 1 is 1.16 bits per heavy atom. The van der Waals surface area contributed by atoms with E-state index in [1.54, 1.807) is 31.2 Å². The fourth-order valence-corrected chi connectivity index (χ4v) is 2.52. The minimum absolute atomic E-state index is 0.0398. The highest BCUT2D eigenvalue weighted by molar-refractivity contribution is 5.82. The standard InChI is InChI=1S/C18H16F3NO3/c1-11(12-5-4-6-13(9-12)18(19,20)21)22-17(23)16-10-24-14-7-2-3-8-15(14)25-16/h2-9,11,16H,10H2,1H3,(H,22,23)/t11-,16+/m0/s1. The Kier molecular flexibility index (Phi) is 4.57. The van der Waals surface area contributed by atoms with Crippen molar-refractivity contribution in [1.29, 1.82) is 0 Å². The first kappa shape index (κ1) is 17.1. The van der Waals surface area contributed by atoms with E-state index in [0.717, 1.165) is 12.1 Å². The molecule has 25 heavy (non-hydrogen) atoms. The van der Waals surface area contributed by atoms with Crippen LogP contribution in [0.4, 0.5) is 13.2 Å². The molecule has 1 heterocycles. The van der Waals surface area contributed by atoms with Crippen molar-refractivity contribution in [2.45, 2.75) is 25.2 Å². The van der Waals surface area contributed by atoms with Crippen LogP contribution in [-0.2, 0) is 11.0 Å². The first-order valence-electron chi connectivity index (χ1n) is 7.70. The Hall–Kier alpha value is -2.70. The molecule has 0 unspecified atom stereocenters. The number of fused-ring (bicyclic) bond motifs is 1. The molecule has 2 aromatic carbocycles. The first-order valence-corrected chi connectivity index (χ1v) is 7.70. The van der Waals surface area contributed by atoms with E-state index >= 15 is 0 Å². The van der Waals surface area contributed by atoms with Crippen molar-refractivity contribution in [3.05, 3.63) is 59.7 Å². The number of rotatable bonds is 3. The molecule has 1 aliphatic rings. The number of hydrogen-bond donors (Lipinski definition) is 1. The summed E-state index contributed by atoms with van der Waals surface area (Å²) in [5.74, 6) is 0.567. The highest BCUT2D eigenvalue weighted by Crippen LogP contribution is 2.32. The van der Waals surface area contributed by atoms with Crippen molar-refractivity contribution in [3.63, 3.8) is 0 Å². The normalized spacial score (nSPS) is 17.7. The Labute approximate surface area is 142 Å². The monoisotopic (exact) mass is 351 g/mol. The topological polar surface area (TPSA) is 47.6 Å². The highest BCUT2D eigenvalue weighted by Gasteiger charge is 2.31. The van der Waals surface area contributed by atoms with Crippen LogP contribution >= 0.6 is 0 Å². The summed E-state index contributed by atoms with van der Waals surface area (Å²) in [7, 11) is 0. The second-order valence-corrected chi connectivity index (χ2v) is 5.72. The number of carbonyl (C=O) groups excluding carboxylic acids is 1. The quantitative estimate of drug-likeness (QED) is 0.917. The van der Waals surface area contributed by atoms with E-state index in [9.17, 15) is 18.0 Å². The van der Waals surface area contributed by atoms with Gasteiger partial charge in [-0.25, -0.2) is 0 Å². The fraction of sp³-hybridized carbons (Fsp3) is 0.278. The largest absolute Gasteiger partial charge is 0.485 e. The van der Waals surface area contributed by atoms with Gasteiger partial charge in [0.2, 0.25) is 6.10 Å². The number of nitrogens with one attached hydrogen (secondary N) is 1. The van der Waals surface area contributed by atoms with Gasteiger partial charge in [-0.05, 0) is 36.8 Å². The van der Waals surface area contributed by atoms with Gasteiger partial charge < -0.3 is 14.8 Å². The van der Waals surface area contributed by atoms with E-state index in [4.69, 9.17) is 9.47 Å². The smallest absolute Gasteiger partial charge is 0.416 e. The molecule has 132 valence electrons. The van der Waals surface area contributed by atoms with Crippen molar-refractivity contribution in [2.24, 2.45) is 0 Å². The number of para-hydroxylation sites is 2. The summed E-state index contributed by atoms with van der Waals surface area (Å²) in [5.41, 5.74) is -0.391. The zero-order valence-corrected chi connectivity index (χ0v) is 13.3. The van der Waals surface area contributed by atoms with E-state index in [1.807, 2.05) is 0 Å². The van der Waals surface area contributed by atoms with Gasteiger partial charge >= 0.3 is 6.18 Å². The molecule has 4 nitrogen and oxygen atoms in total. The molecule has 3 rings (SSSR count). The van der Waals surface area contributed by atoms with E-state index in [1.165, 1.54) is 12.1 Å². The van der Waals surface area contributed by atoms with Crippen LogP contribution in [0.1, 0.15) is 24.1 Å². The average Bonchev–Trinajstić information content (AvgIpc) is 2.60. The molecule has 7 heteroatoms. The van der Waals surface area contributed by atoms with Gasteiger partial charge in [0.1, 0.15) is 6.61 Å². The van der Waals surface area contributed by atoms with Crippen molar-refractivity contribution >= 4 is 5.91 Å². The third-order valence-electron chi connectivity index (χ3n) is 3.87. The average molecular weight is 351 g/mol. The molecule has 0 saturated carbocycles. The molecular weight excluding hydrogens is 335 g/mol. The van der Waals surface area contributed by atoms with E-state index in [-0.39, 0.29) is 6.61 Å². The van der Waals surface area contributed by atoms with Gasteiger partial charge in [0.25, 0.3) is 5.91 Å². The van der Waals surface area contributed by atoms with Gasteiger partial charge in [-0.15, -0.1) is 0 Å². The van der Waals surface area contributed by atoms with Crippen molar-refractivity contribution < 1.29 is 27.4 Å². The predicted octanol–water partition coefficient (Wildman–Crippen LogP) is 3.72. The SMILES string of the molecule is C[C@H](NC(=O)[C@H]1COc2ccccc2O1)c1cccc(C(F)(F)F)c1. The van der Waals surface area contributed by atoms with Gasteiger partial charge in [-0.3, -0.25) is 4.79 Å². The summed E-state index contributed by atoms with van der Waals surface area (Å²) in [6.07, 6.45) is -5.29. The highest BCUT2D eigenvalue weighted by atomic mass is 19.4. The van der Waals surface area contributed by atoms with Crippen LogP contribution in [0.2, 0.25) is 0 Å². The van der Waals surface area contributed by atoms with E-state index in [2.05, 4.69) is 5.32 Å². The molecule has 1 amide bonds. The lowest BCUT2D eigenvalue weighted by Crippen LogP contribution is -2.44. The fourth-order valence-electron chi connectivity index (χ4n) is 2.52. The number of benzene rings is 2. The van der Waals surface area contributed by atoms with Crippen molar-refractivity contribution in [1.82, 2.24) is 5.32 Å². The number of amides is 1. The van der Waals surface area contributed by atoms with Crippen molar-refractivity contribution in [3.8, 4) is 11.5 Å². The lowest BCUT2D eigenvalue weighted by molar-refractivity contribution is -0.137. The third-order valence-corrected chi connectivity index (χ3v) is 3.87. The molecular formula is C18H16F3NO3. The Bertz CT molecular complexity index is 776. The van der Waals surface area contributed by atoms with Crippen molar-refractivity contribution in [2.75, 3.05) is 6.61 Å². The van der Waals surface area contributed by atoms with Crippen LogP contribution in [-0.4, -0.2) is 18.6 Å². The predicted molar refractivity (Wildman–Crippen MR) is 84.4 cm³/mol. The van der Waals surface area contributed by atoms with E-state index in [0.29, 0.717) is 17.1 Å². The first-order chi connectivity index (χ1) is 11.8. The summed E-state index contributed by atoms with van der Waals surface area (Å²) < 4.78 is 49.5. The maximum atomic E-state index is 12.8. The number of alkyl halides is 3. The molecule has 0 spiro atoms. The van der Waals surface area contributed by atoms with Crippen LogP contribution < -0.4 is 14.8 Å². The number of hydrogen-bond acceptors (Lipinski definition) is 3. The minimum Gasteiger partial charge on any atom is -0.485 e. The molecule has 2 atom stereocenters. The second-order valence-electron chi connectivity index (χ2n) is 5.72. The third kappa shape index (κ3) is 3.87. The van der Waals surface area contributed by atoms with Gasteiger partial charge in [-0.2, -0.15) is 13.2 Å². The summed E-state index contributed by atoms with van der Waals surface area (Å²) in [4.78, 5) is 12.3. The van der Waals surface area contributed by atoms with Crippen LogP contribution in [0.15, 0.2) is 48.5 Å². The Morgan fingerprint density at radius 2 is 1.88 bits per heavy atom. The second kappa shape index (κ2) is 6.66. The summed E-state index contributed by atoms with van der Waals surface area (Å²) >= 11 is 0. The number of carbonyl (C=O) groups is 1. The molecule has 0 bridgehead atoms. The van der Waals surface area contributed by atoms with Crippen LogP contribution in [0.25, 0.3) is 0 Å². The van der Waals surface area contributed by atoms with Gasteiger partial charge in [-0.1, -0.05) is 24.3 Å². The maximum absolute atomic E-state index is 12.8. The van der Waals surface area contributed by atoms with Gasteiger partial charge in [0, 0.05) is 0 Å². The Morgan fingerprint density at radius 3 is 2.60 bits per heavy atom. The molecule has 0 fully saturated rings. The molecule has 0 aromatic heterocycles. The molecule has 0 saturated heterocycles. The molecule has 0 radical (unpaired) electrons. The van der Waals surface area contributed by atoms with Gasteiger partial charge in [0.05, 0.1) is 11.6 Å². The van der Waals surface area contributed by atoms with Crippen LogP contribution in [0, 0.1) is 0 Å². The van der Waals surface area contributed by atoms with Gasteiger partial charge in [0.15, 0.2) is 11.5 Å². The minimum atomic E-state index is -4.43. The summed E-state index contributed by atoms with van der Waals surface area (Å²) in [6.45, 7) is 1.66. The summed E-state index contributed by atoms with van der Waals surface area (Å²) in [6, 6.07) is 11.2. The van der Waals surface area contributed by atoms with E-state index < -0.39 is 29.8 Å². The lowest BCUT2D eigenvalue weighted by atomic mass is 10.0. The molecule has 1 aliphatic heterocycles. The molecule has 2 aromatic rings. The zero-order valence-electron chi connectivity index (χ0n) is 13.3. The van der Waals surface area contributed by atoms with Crippen LogP contribution in [0.3, 0.4) is 0 Å². The maximum Gasteiger partial charge on any atom is 0.416 e. The number of halogens is 3. The molecule has 0 aliphatic carbocycles. The van der Waals surface area contributed by atoms with Crippen LogP contribution in [0.5, 0.6) is 11.5 Å². The summed E-state index contributed by atoms with van der Waals surface area (Å²) in [5, 5.41) is 2.66.